The van der Waals surface area contributed by atoms with Crippen molar-refractivity contribution in [2.75, 3.05) is 16.8 Å². The standard InChI is InChI=1S/C11H9ClN4O3S2/c12-7-2-1-5(3-6(7)9(18)19)14-8(17)4-20-11-16-15-10(13)21-11/h1-3H,4H2,(H2,13,15)(H,14,17)(H,18,19)/p-1. The number of hydrogen-bond acceptors (Lipinski definition) is 8. The Kier molecular flexibility index (Phi) is 4.99. The molecule has 0 unspecified atom stereocenters. The summed E-state index contributed by atoms with van der Waals surface area (Å²) in [5, 5.41) is 21.2. The number of aromatic nitrogens is 2. The summed E-state index contributed by atoms with van der Waals surface area (Å²) in [6.07, 6.45) is 0. The van der Waals surface area contributed by atoms with Gasteiger partial charge in [-0.15, -0.1) is 10.2 Å². The molecule has 2 aromatic rings. The molecule has 3 N–H and O–H groups in total. The molecule has 1 aromatic carbocycles. The minimum Gasteiger partial charge on any atom is -0.545 e. The topological polar surface area (TPSA) is 121 Å². The Bertz CT molecular complexity index is 692. The number of rotatable bonds is 5. The fraction of sp³-hybridized carbons (Fsp3) is 0.0909. The predicted octanol–water partition coefficient (Wildman–Crippen LogP) is 0.868. The molecule has 110 valence electrons. The van der Waals surface area contributed by atoms with Gasteiger partial charge in [0.1, 0.15) is 0 Å². The fourth-order valence-corrected chi connectivity index (χ4v) is 2.99. The quantitative estimate of drug-likeness (QED) is 0.772. The van der Waals surface area contributed by atoms with Gasteiger partial charge in [-0.3, -0.25) is 4.79 Å². The van der Waals surface area contributed by atoms with Crippen LogP contribution in [0.15, 0.2) is 22.5 Å². The summed E-state index contributed by atoms with van der Waals surface area (Å²) in [4.78, 5) is 22.6. The van der Waals surface area contributed by atoms with Crippen molar-refractivity contribution in [1.29, 1.82) is 0 Å². The van der Waals surface area contributed by atoms with Crippen molar-refractivity contribution in [2.45, 2.75) is 4.34 Å². The number of carbonyl (C=O) groups is 2. The van der Waals surface area contributed by atoms with Gasteiger partial charge in [0, 0.05) is 16.3 Å². The lowest BCUT2D eigenvalue weighted by atomic mass is 10.2. The van der Waals surface area contributed by atoms with Crippen LogP contribution < -0.4 is 16.2 Å². The number of thioether (sulfide) groups is 1. The molecule has 0 saturated carbocycles. The van der Waals surface area contributed by atoms with Gasteiger partial charge in [0.2, 0.25) is 11.0 Å². The lowest BCUT2D eigenvalue weighted by Crippen LogP contribution is -2.23. The summed E-state index contributed by atoms with van der Waals surface area (Å²) in [7, 11) is 0. The SMILES string of the molecule is Nc1nnc(SCC(=O)Nc2ccc(Cl)c(C(=O)[O-])c2)s1. The van der Waals surface area contributed by atoms with E-state index in [1.165, 1.54) is 41.3 Å². The highest BCUT2D eigenvalue weighted by atomic mass is 35.5. The normalized spacial score (nSPS) is 10.3. The Labute approximate surface area is 132 Å². The van der Waals surface area contributed by atoms with E-state index in [9.17, 15) is 14.7 Å². The van der Waals surface area contributed by atoms with Crippen LogP contribution >= 0.6 is 34.7 Å². The zero-order valence-corrected chi connectivity index (χ0v) is 12.7. The number of aromatic carboxylic acids is 1. The number of nitrogen functional groups attached to an aromatic ring is 1. The third-order valence-corrected chi connectivity index (χ3v) is 4.43. The lowest BCUT2D eigenvalue weighted by Gasteiger charge is -2.09. The van der Waals surface area contributed by atoms with Crippen LogP contribution in [-0.4, -0.2) is 27.8 Å². The highest BCUT2D eigenvalue weighted by molar-refractivity contribution is 8.01. The minimum absolute atomic E-state index is 0.0479. The van der Waals surface area contributed by atoms with Crippen molar-refractivity contribution in [3.63, 3.8) is 0 Å². The average Bonchev–Trinajstić information content (AvgIpc) is 2.84. The zero-order valence-electron chi connectivity index (χ0n) is 10.3. The molecule has 0 radical (unpaired) electrons. The molecular formula is C11H8ClN4O3S2-. The first-order chi connectivity index (χ1) is 9.95. The van der Waals surface area contributed by atoms with Crippen LogP contribution in [0.5, 0.6) is 0 Å². The molecule has 1 amide bonds. The number of nitrogens with zero attached hydrogens (tertiary/aromatic N) is 2. The molecule has 1 heterocycles. The number of carbonyl (C=O) groups excluding carboxylic acids is 2. The van der Waals surface area contributed by atoms with Gasteiger partial charge in [-0.2, -0.15) is 0 Å². The second kappa shape index (κ2) is 6.74. The molecule has 7 nitrogen and oxygen atoms in total. The first-order valence-corrected chi connectivity index (χ1v) is 7.66. The van der Waals surface area contributed by atoms with Crippen molar-refractivity contribution < 1.29 is 14.7 Å². The lowest BCUT2D eigenvalue weighted by molar-refractivity contribution is -0.255. The monoisotopic (exact) mass is 343 g/mol. The number of carboxylic acids is 1. The Hall–Kier alpha value is -1.84. The van der Waals surface area contributed by atoms with E-state index in [-0.39, 0.29) is 22.2 Å². The van der Waals surface area contributed by atoms with E-state index in [0.717, 1.165) is 0 Å². The van der Waals surface area contributed by atoms with E-state index in [2.05, 4.69) is 15.5 Å². The fourth-order valence-electron chi connectivity index (χ4n) is 1.36. The van der Waals surface area contributed by atoms with Gasteiger partial charge >= 0.3 is 0 Å². The van der Waals surface area contributed by atoms with Gasteiger partial charge in [0.15, 0.2) is 4.34 Å². The molecule has 0 spiro atoms. The molecule has 1 aromatic heterocycles. The van der Waals surface area contributed by atoms with E-state index in [4.69, 9.17) is 17.3 Å². The number of benzene rings is 1. The molecule has 0 fully saturated rings. The summed E-state index contributed by atoms with van der Waals surface area (Å²) in [6, 6.07) is 4.12. The van der Waals surface area contributed by atoms with Crippen LogP contribution in [0.4, 0.5) is 10.8 Å². The number of nitrogens with two attached hydrogens (primary N) is 1. The van der Waals surface area contributed by atoms with Crippen LogP contribution in [0.25, 0.3) is 0 Å². The summed E-state index contributed by atoms with van der Waals surface area (Å²) in [5.41, 5.74) is 5.56. The van der Waals surface area contributed by atoms with Crippen LogP contribution in [0.2, 0.25) is 5.02 Å². The minimum atomic E-state index is -1.41. The second-order valence-electron chi connectivity index (χ2n) is 3.73. The second-order valence-corrected chi connectivity index (χ2v) is 6.36. The molecule has 21 heavy (non-hydrogen) atoms. The number of nitrogens with one attached hydrogen (secondary N) is 1. The summed E-state index contributed by atoms with van der Waals surface area (Å²) in [6.45, 7) is 0. The molecule has 2 rings (SSSR count). The third-order valence-electron chi connectivity index (χ3n) is 2.22. The van der Waals surface area contributed by atoms with E-state index in [0.29, 0.717) is 15.2 Å². The maximum Gasteiger partial charge on any atom is 0.234 e. The van der Waals surface area contributed by atoms with Crippen molar-refractivity contribution in [3.05, 3.63) is 28.8 Å². The summed E-state index contributed by atoms with van der Waals surface area (Å²) >= 11 is 8.07. The van der Waals surface area contributed by atoms with Crippen LogP contribution in [-0.2, 0) is 4.79 Å². The van der Waals surface area contributed by atoms with E-state index in [1.54, 1.807) is 0 Å². The van der Waals surface area contributed by atoms with E-state index >= 15 is 0 Å². The highest BCUT2D eigenvalue weighted by Gasteiger charge is 2.09. The maximum absolute atomic E-state index is 11.8. The number of hydrogen-bond donors (Lipinski definition) is 2. The van der Waals surface area contributed by atoms with Gasteiger partial charge < -0.3 is 21.0 Å². The molecule has 0 aliphatic heterocycles. The Morgan fingerprint density at radius 2 is 2.19 bits per heavy atom. The van der Waals surface area contributed by atoms with Gasteiger partial charge in [-0.1, -0.05) is 34.7 Å². The molecule has 10 heteroatoms. The molecule has 0 bridgehead atoms. The zero-order chi connectivity index (χ0) is 15.4. The Morgan fingerprint density at radius 3 is 2.81 bits per heavy atom. The van der Waals surface area contributed by atoms with Gasteiger partial charge in [-0.25, -0.2) is 0 Å². The van der Waals surface area contributed by atoms with Crippen LogP contribution in [0.1, 0.15) is 10.4 Å². The van der Waals surface area contributed by atoms with Gasteiger partial charge in [0.25, 0.3) is 0 Å². The first-order valence-electron chi connectivity index (χ1n) is 5.48. The first kappa shape index (κ1) is 15.5. The van der Waals surface area contributed by atoms with E-state index in [1.807, 2.05) is 0 Å². The molecule has 0 atom stereocenters. The van der Waals surface area contributed by atoms with Crippen LogP contribution in [0, 0.1) is 0 Å². The highest BCUT2D eigenvalue weighted by Crippen LogP contribution is 2.24. The van der Waals surface area contributed by atoms with Crippen molar-refractivity contribution in [3.8, 4) is 0 Å². The Balaban J connectivity index is 1.96. The van der Waals surface area contributed by atoms with Gasteiger partial charge in [0.05, 0.1) is 11.7 Å². The molecular weight excluding hydrogens is 336 g/mol. The van der Waals surface area contributed by atoms with Crippen molar-refractivity contribution >= 4 is 57.4 Å². The van der Waals surface area contributed by atoms with Crippen LogP contribution in [0.3, 0.4) is 0 Å². The largest absolute Gasteiger partial charge is 0.545 e. The van der Waals surface area contributed by atoms with Crippen molar-refractivity contribution in [2.24, 2.45) is 0 Å². The third kappa shape index (κ3) is 4.31. The molecule has 0 aliphatic rings. The molecule has 0 saturated heterocycles. The number of carboxylic acid groups (broad SMARTS) is 1. The molecule has 0 aliphatic carbocycles. The average molecular weight is 344 g/mol. The van der Waals surface area contributed by atoms with E-state index < -0.39 is 5.97 Å². The smallest absolute Gasteiger partial charge is 0.234 e. The van der Waals surface area contributed by atoms with Gasteiger partial charge in [-0.05, 0) is 18.2 Å². The number of amides is 1. The van der Waals surface area contributed by atoms with Crippen molar-refractivity contribution in [1.82, 2.24) is 10.2 Å². The predicted molar refractivity (Wildman–Crippen MR) is 79.5 cm³/mol. The number of halogens is 1. The number of anilines is 2. The summed E-state index contributed by atoms with van der Waals surface area (Å²) in [5.74, 6) is -1.63. The maximum atomic E-state index is 11.8. The summed E-state index contributed by atoms with van der Waals surface area (Å²) < 4.78 is 0.578. The Morgan fingerprint density at radius 1 is 1.43 bits per heavy atom.